The van der Waals surface area contributed by atoms with Gasteiger partial charge in [0.15, 0.2) is 5.16 Å². The maximum atomic E-state index is 13.4. The van der Waals surface area contributed by atoms with Gasteiger partial charge in [-0.3, -0.25) is 9.36 Å². The van der Waals surface area contributed by atoms with E-state index < -0.39 is 0 Å². The Morgan fingerprint density at radius 1 is 1.03 bits per heavy atom. The van der Waals surface area contributed by atoms with E-state index in [2.05, 4.69) is 6.07 Å². The number of fused-ring (bicyclic) bond motifs is 1. The van der Waals surface area contributed by atoms with Crippen molar-refractivity contribution in [3.05, 3.63) is 77.1 Å². The number of hydrogen-bond donors (Lipinski definition) is 0. The van der Waals surface area contributed by atoms with E-state index >= 15 is 0 Å². The van der Waals surface area contributed by atoms with Crippen molar-refractivity contribution >= 4 is 33.3 Å². The molecule has 0 aliphatic rings. The van der Waals surface area contributed by atoms with Crippen LogP contribution in [0.15, 0.2) is 76.7 Å². The zero-order chi connectivity index (χ0) is 20.1. The van der Waals surface area contributed by atoms with Crippen LogP contribution < -0.4 is 5.56 Å². The number of unbranched alkanes of at least 4 members (excludes halogenated alkanes) is 2. The largest absolute Gasteiger partial charge is 0.268 e. The van der Waals surface area contributed by atoms with Gasteiger partial charge in [0, 0.05) is 17.1 Å². The van der Waals surface area contributed by atoms with Crippen LogP contribution >= 0.6 is 23.1 Å². The van der Waals surface area contributed by atoms with E-state index in [9.17, 15) is 4.79 Å². The average Bonchev–Trinajstić information content (AvgIpc) is 3.20. The third kappa shape index (κ3) is 4.26. The van der Waals surface area contributed by atoms with Crippen molar-refractivity contribution in [2.75, 3.05) is 5.75 Å². The van der Waals surface area contributed by atoms with E-state index in [-0.39, 0.29) is 5.56 Å². The zero-order valence-electron chi connectivity index (χ0n) is 15.7. The Kier molecular flexibility index (Phi) is 6.09. The molecule has 0 N–H and O–H groups in total. The average molecular weight is 418 g/mol. The lowest BCUT2D eigenvalue weighted by molar-refractivity contribution is 0.806. The molecular weight excluding hydrogens is 398 g/mol. The molecule has 6 heteroatoms. The van der Waals surface area contributed by atoms with Crippen LogP contribution in [0.2, 0.25) is 0 Å². The summed E-state index contributed by atoms with van der Waals surface area (Å²) in [4.78, 5) is 20.1. The van der Waals surface area contributed by atoms with Gasteiger partial charge in [0.05, 0.1) is 17.1 Å². The van der Waals surface area contributed by atoms with E-state index in [1.54, 1.807) is 27.7 Å². The number of aromatic nitrogens is 2. The van der Waals surface area contributed by atoms with Gasteiger partial charge in [0.2, 0.25) is 0 Å². The van der Waals surface area contributed by atoms with Crippen LogP contribution in [0.25, 0.3) is 26.3 Å². The summed E-state index contributed by atoms with van der Waals surface area (Å²) < 4.78 is 1.71. The van der Waals surface area contributed by atoms with Gasteiger partial charge in [-0.1, -0.05) is 60.3 Å². The van der Waals surface area contributed by atoms with Gasteiger partial charge in [-0.2, -0.15) is 5.26 Å². The van der Waals surface area contributed by atoms with E-state index in [4.69, 9.17) is 10.2 Å². The van der Waals surface area contributed by atoms with E-state index in [0.29, 0.717) is 17.0 Å². The highest BCUT2D eigenvalue weighted by Gasteiger charge is 2.16. The monoisotopic (exact) mass is 417 g/mol. The van der Waals surface area contributed by atoms with Crippen LogP contribution in [-0.4, -0.2) is 15.3 Å². The van der Waals surface area contributed by atoms with E-state index in [1.807, 2.05) is 66.7 Å². The number of nitrogens with zero attached hydrogens (tertiary/aromatic N) is 3. The lowest BCUT2D eigenvalue weighted by Gasteiger charge is -2.11. The number of thiophene rings is 1. The van der Waals surface area contributed by atoms with Crippen molar-refractivity contribution in [3.8, 4) is 22.2 Å². The Balaban J connectivity index is 1.79. The Labute approximate surface area is 177 Å². The minimum absolute atomic E-state index is 0.0424. The minimum Gasteiger partial charge on any atom is -0.268 e. The number of para-hydroxylation sites is 1. The summed E-state index contributed by atoms with van der Waals surface area (Å²) in [6.45, 7) is 0. The zero-order valence-corrected chi connectivity index (χ0v) is 17.4. The molecule has 2 heterocycles. The molecule has 0 saturated carbocycles. The molecule has 2 aromatic heterocycles. The highest BCUT2D eigenvalue weighted by molar-refractivity contribution is 7.99. The molecule has 0 spiro atoms. The molecule has 2 aromatic carbocycles. The fraction of sp³-hybridized carbons (Fsp3) is 0.174. The molecule has 0 fully saturated rings. The van der Waals surface area contributed by atoms with Gasteiger partial charge in [-0.05, 0) is 36.6 Å². The SMILES string of the molecule is N#CCCCCSc1nc2sc(-c3ccccc3)cc2c(=O)n1-c1ccccc1. The molecule has 0 unspecified atom stereocenters. The number of benzene rings is 2. The second kappa shape index (κ2) is 9.08. The van der Waals surface area contributed by atoms with Gasteiger partial charge in [0.1, 0.15) is 4.83 Å². The molecule has 0 aliphatic heterocycles. The molecule has 0 aliphatic carbocycles. The van der Waals surface area contributed by atoms with Crippen LogP contribution in [0.1, 0.15) is 19.3 Å². The Hall–Kier alpha value is -2.88. The molecule has 4 rings (SSSR count). The molecule has 144 valence electrons. The topological polar surface area (TPSA) is 58.7 Å². The summed E-state index contributed by atoms with van der Waals surface area (Å²) in [7, 11) is 0. The van der Waals surface area contributed by atoms with Crippen molar-refractivity contribution in [1.82, 2.24) is 9.55 Å². The first kappa shape index (κ1) is 19.4. The Morgan fingerprint density at radius 2 is 1.76 bits per heavy atom. The fourth-order valence-electron chi connectivity index (χ4n) is 3.08. The van der Waals surface area contributed by atoms with Crippen LogP contribution in [-0.2, 0) is 0 Å². The minimum atomic E-state index is -0.0424. The molecule has 4 nitrogen and oxygen atoms in total. The highest BCUT2D eigenvalue weighted by Crippen LogP contribution is 2.32. The summed E-state index contributed by atoms with van der Waals surface area (Å²) in [5, 5.41) is 10.1. The van der Waals surface area contributed by atoms with Crippen LogP contribution in [0.5, 0.6) is 0 Å². The van der Waals surface area contributed by atoms with Crippen molar-refractivity contribution in [2.45, 2.75) is 24.4 Å². The second-order valence-corrected chi connectivity index (χ2v) is 8.62. The molecule has 0 atom stereocenters. The van der Waals surface area contributed by atoms with Crippen molar-refractivity contribution < 1.29 is 0 Å². The number of thioether (sulfide) groups is 1. The highest BCUT2D eigenvalue weighted by atomic mass is 32.2. The van der Waals surface area contributed by atoms with Crippen molar-refractivity contribution in [2.24, 2.45) is 0 Å². The summed E-state index contributed by atoms with van der Waals surface area (Å²) in [6.07, 6.45) is 2.34. The summed E-state index contributed by atoms with van der Waals surface area (Å²) >= 11 is 3.12. The second-order valence-electron chi connectivity index (χ2n) is 6.53. The van der Waals surface area contributed by atoms with E-state index in [0.717, 1.165) is 39.6 Å². The third-order valence-electron chi connectivity index (χ3n) is 4.52. The number of hydrogen-bond acceptors (Lipinski definition) is 5. The number of nitriles is 1. The molecule has 0 amide bonds. The normalized spacial score (nSPS) is 10.9. The van der Waals surface area contributed by atoms with Crippen LogP contribution in [0, 0.1) is 11.3 Å². The predicted octanol–water partition coefficient (Wildman–Crippen LogP) is 5.90. The summed E-state index contributed by atoms with van der Waals surface area (Å²) in [5.41, 5.74) is 1.87. The summed E-state index contributed by atoms with van der Waals surface area (Å²) in [5.74, 6) is 0.823. The molecule has 0 radical (unpaired) electrons. The smallest absolute Gasteiger partial charge is 0.267 e. The number of rotatable bonds is 7. The third-order valence-corrected chi connectivity index (χ3v) is 6.62. The first-order chi connectivity index (χ1) is 14.3. The maximum Gasteiger partial charge on any atom is 0.267 e. The fourth-order valence-corrected chi connectivity index (χ4v) is 5.17. The van der Waals surface area contributed by atoms with Gasteiger partial charge in [0.25, 0.3) is 5.56 Å². The van der Waals surface area contributed by atoms with Gasteiger partial charge in [-0.25, -0.2) is 4.98 Å². The van der Waals surface area contributed by atoms with Gasteiger partial charge in [-0.15, -0.1) is 11.3 Å². The molecular formula is C23H19N3OS2. The van der Waals surface area contributed by atoms with Crippen LogP contribution in [0.4, 0.5) is 0 Å². The molecule has 29 heavy (non-hydrogen) atoms. The summed E-state index contributed by atoms with van der Waals surface area (Å²) in [6, 6.07) is 23.9. The molecule has 0 bridgehead atoms. The van der Waals surface area contributed by atoms with Gasteiger partial charge < -0.3 is 0 Å². The standard InChI is InChI=1S/C23H19N3OS2/c24-14-8-3-9-15-28-23-25-21-19(16-20(29-21)17-10-4-1-5-11-17)22(27)26(23)18-12-6-2-7-13-18/h1-2,4-7,10-13,16H,3,8-9,15H2. The Bertz CT molecular complexity index is 1210. The maximum absolute atomic E-state index is 13.4. The van der Waals surface area contributed by atoms with Crippen LogP contribution in [0.3, 0.4) is 0 Å². The lowest BCUT2D eigenvalue weighted by Crippen LogP contribution is -2.21. The predicted molar refractivity (Wildman–Crippen MR) is 121 cm³/mol. The first-order valence-electron chi connectivity index (χ1n) is 9.45. The van der Waals surface area contributed by atoms with Crippen molar-refractivity contribution in [3.63, 3.8) is 0 Å². The van der Waals surface area contributed by atoms with Crippen molar-refractivity contribution in [1.29, 1.82) is 5.26 Å². The lowest BCUT2D eigenvalue weighted by atomic mass is 10.2. The Morgan fingerprint density at radius 3 is 2.48 bits per heavy atom. The molecule has 4 aromatic rings. The molecule has 0 saturated heterocycles. The first-order valence-corrected chi connectivity index (χ1v) is 11.3. The van der Waals surface area contributed by atoms with E-state index in [1.165, 1.54) is 0 Å². The quantitative estimate of drug-likeness (QED) is 0.213. The van der Waals surface area contributed by atoms with Gasteiger partial charge >= 0.3 is 0 Å².